The lowest BCUT2D eigenvalue weighted by Gasteiger charge is -2.25. The average molecular weight is 372 g/mol. The van der Waals surface area contributed by atoms with Gasteiger partial charge < -0.3 is 19.5 Å². The van der Waals surface area contributed by atoms with E-state index in [0.29, 0.717) is 30.2 Å². The van der Waals surface area contributed by atoms with Crippen LogP contribution in [-0.2, 0) is 19.6 Å². The molecule has 0 radical (unpaired) electrons. The minimum Gasteiger partial charge on any atom is -0.497 e. The lowest BCUT2D eigenvalue weighted by molar-refractivity contribution is -0.129. The number of carbonyl (C=O) groups is 1. The molecule has 1 aliphatic heterocycles. The summed E-state index contributed by atoms with van der Waals surface area (Å²) >= 11 is 0. The van der Waals surface area contributed by atoms with E-state index in [4.69, 9.17) is 14.2 Å². The van der Waals surface area contributed by atoms with Crippen molar-refractivity contribution in [2.24, 2.45) is 0 Å². The SMILES string of the molecule is COc1ccc(OC)c(N(CCNC(=O)C2CCCO2)S(C)(=O)=O)c1. The highest BCUT2D eigenvalue weighted by Gasteiger charge is 2.25. The van der Waals surface area contributed by atoms with Gasteiger partial charge in [0.25, 0.3) is 0 Å². The Hall–Kier alpha value is -2.00. The van der Waals surface area contributed by atoms with Crippen LogP contribution < -0.4 is 19.1 Å². The number of hydrogen-bond donors (Lipinski definition) is 1. The molecule has 1 aliphatic rings. The van der Waals surface area contributed by atoms with Crippen LogP contribution in [0.2, 0.25) is 0 Å². The molecule has 1 heterocycles. The van der Waals surface area contributed by atoms with Gasteiger partial charge in [-0.2, -0.15) is 0 Å². The van der Waals surface area contributed by atoms with Crippen molar-refractivity contribution in [2.75, 3.05) is 44.5 Å². The number of anilines is 1. The molecular weight excluding hydrogens is 348 g/mol. The average Bonchev–Trinajstić information content (AvgIpc) is 3.11. The number of ether oxygens (including phenoxy) is 3. The van der Waals surface area contributed by atoms with E-state index in [-0.39, 0.29) is 19.0 Å². The Balaban J connectivity index is 2.13. The van der Waals surface area contributed by atoms with Gasteiger partial charge in [-0.25, -0.2) is 8.42 Å². The monoisotopic (exact) mass is 372 g/mol. The molecule has 0 saturated carbocycles. The molecule has 8 nitrogen and oxygen atoms in total. The van der Waals surface area contributed by atoms with Gasteiger partial charge in [0, 0.05) is 19.2 Å². The first-order valence-electron chi connectivity index (χ1n) is 7.96. The van der Waals surface area contributed by atoms with E-state index in [2.05, 4.69) is 5.32 Å². The second kappa shape index (κ2) is 8.39. The van der Waals surface area contributed by atoms with E-state index >= 15 is 0 Å². The topological polar surface area (TPSA) is 94.2 Å². The summed E-state index contributed by atoms with van der Waals surface area (Å²) in [5, 5.41) is 2.72. The van der Waals surface area contributed by atoms with Crippen LogP contribution in [0.25, 0.3) is 0 Å². The lowest BCUT2D eigenvalue weighted by Crippen LogP contribution is -2.41. The number of benzene rings is 1. The predicted octanol–water partition coefficient (Wildman–Crippen LogP) is 0.765. The molecular formula is C16H24N2O6S. The summed E-state index contributed by atoms with van der Waals surface area (Å²) in [6, 6.07) is 4.90. The van der Waals surface area contributed by atoms with E-state index in [1.165, 1.54) is 18.5 Å². The largest absolute Gasteiger partial charge is 0.497 e. The fraction of sp³-hybridized carbons (Fsp3) is 0.562. The summed E-state index contributed by atoms with van der Waals surface area (Å²) in [6.07, 6.45) is 2.20. The first-order valence-corrected chi connectivity index (χ1v) is 9.80. The third kappa shape index (κ3) is 4.99. The van der Waals surface area contributed by atoms with E-state index in [9.17, 15) is 13.2 Å². The third-order valence-corrected chi connectivity index (χ3v) is 5.07. The van der Waals surface area contributed by atoms with Crippen LogP contribution in [0.1, 0.15) is 12.8 Å². The standard InChI is InChI=1S/C16H24N2O6S/c1-22-12-6-7-14(23-2)13(11-12)18(25(3,20)21)9-8-17-16(19)15-5-4-10-24-15/h6-7,11,15H,4-5,8-10H2,1-3H3,(H,17,19). The Morgan fingerprint density at radius 3 is 2.68 bits per heavy atom. The van der Waals surface area contributed by atoms with Gasteiger partial charge in [-0.15, -0.1) is 0 Å². The van der Waals surface area contributed by atoms with Crippen LogP contribution in [0.4, 0.5) is 5.69 Å². The third-order valence-electron chi connectivity index (χ3n) is 3.89. The van der Waals surface area contributed by atoms with Crippen molar-refractivity contribution in [1.82, 2.24) is 5.32 Å². The number of hydrogen-bond acceptors (Lipinski definition) is 6. The minimum atomic E-state index is -3.58. The molecule has 0 aliphatic carbocycles. The number of nitrogens with one attached hydrogen (secondary N) is 1. The van der Waals surface area contributed by atoms with Crippen molar-refractivity contribution in [3.63, 3.8) is 0 Å². The molecule has 1 amide bonds. The summed E-state index contributed by atoms with van der Waals surface area (Å²) in [4.78, 5) is 12.0. The van der Waals surface area contributed by atoms with Gasteiger partial charge >= 0.3 is 0 Å². The molecule has 1 aromatic rings. The van der Waals surface area contributed by atoms with Gasteiger partial charge in [0.1, 0.15) is 17.6 Å². The predicted molar refractivity (Wildman–Crippen MR) is 93.7 cm³/mol. The number of rotatable bonds is 8. The van der Waals surface area contributed by atoms with Crippen LogP contribution in [0.5, 0.6) is 11.5 Å². The first kappa shape index (κ1) is 19.3. The molecule has 140 valence electrons. The maximum Gasteiger partial charge on any atom is 0.249 e. The number of carbonyl (C=O) groups excluding carboxylic acids is 1. The summed E-state index contributed by atoms with van der Waals surface area (Å²) in [5.74, 6) is 0.688. The zero-order valence-corrected chi connectivity index (χ0v) is 15.5. The first-order chi connectivity index (χ1) is 11.9. The smallest absolute Gasteiger partial charge is 0.249 e. The van der Waals surface area contributed by atoms with E-state index in [1.54, 1.807) is 18.2 Å². The summed E-state index contributed by atoms with van der Waals surface area (Å²) in [6.45, 7) is 0.807. The fourth-order valence-electron chi connectivity index (χ4n) is 2.64. The van der Waals surface area contributed by atoms with Crippen LogP contribution in [0.3, 0.4) is 0 Å². The molecule has 1 aromatic carbocycles. The van der Waals surface area contributed by atoms with Gasteiger partial charge in [0.2, 0.25) is 15.9 Å². The molecule has 9 heteroatoms. The normalized spacial score (nSPS) is 17.2. The molecule has 0 bridgehead atoms. The molecule has 1 fully saturated rings. The Labute approximate surface area is 148 Å². The van der Waals surface area contributed by atoms with E-state index < -0.39 is 16.1 Å². The molecule has 0 spiro atoms. The summed E-state index contributed by atoms with van der Waals surface area (Å²) in [7, 11) is -0.616. The highest BCUT2D eigenvalue weighted by molar-refractivity contribution is 7.92. The molecule has 1 saturated heterocycles. The molecule has 1 unspecified atom stereocenters. The van der Waals surface area contributed by atoms with Crippen molar-refractivity contribution in [3.8, 4) is 11.5 Å². The molecule has 25 heavy (non-hydrogen) atoms. The maximum absolute atomic E-state index is 12.2. The highest BCUT2D eigenvalue weighted by Crippen LogP contribution is 2.33. The quantitative estimate of drug-likeness (QED) is 0.724. The highest BCUT2D eigenvalue weighted by atomic mass is 32.2. The molecule has 1 atom stereocenters. The van der Waals surface area contributed by atoms with Crippen molar-refractivity contribution < 1.29 is 27.4 Å². The maximum atomic E-state index is 12.2. The van der Waals surface area contributed by atoms with Crippen LogP contribution in [-0.4, -0.2) is 60.6 Å². The van der Waals surface area contributed by atoms with Crippen LogP contribution in [0.15, 0.2) is 18.2 Å². The molecule has 2 rings (SSSR count). The van der Waals surface area contributed by atoms with Gasteiger partial charge in [-0.05, 0) is 25.0 Å². The molecule has 0 aromatic heterocycles. The Morgan fingerprint density at radius 1 is 1.36 bits per heavy atom. The van der Waals surface area contributed by atoms with Crippen LogP contribution >= 0.6 is 0 Å². The van der Waals surface area contributed by atoms with Gasteiger partial charge in [-0.3, -0.25) is 9.10 Å². The number of methoxy groups -OCH3 is 2. The van der Waals surface area contributed by atoms with Crippen molar-refractivity contribution >= 4 is 21.6 Å². The molecule has 1 N–H and O–H groups in total. The lowest BCUT2D eigenvalue weighted by atomic mass is 10.2. The zero-order chi connectivity index (χ0) is 18.4. The van der Waals surface area contributed by atoms with Crippen molar-refractivity contribution in [2.45, 2.75) is 18.9 Å². The van der Waals surface area contributed by atoms with E-state index in [0.717, 1.165) is 12.7 Å². The van der Waals surface area contributed by atoms with Gasteiger partial charge in [0.15, 0.2) is 0 Å². The van der Waals surface area contributed by atoms with Gasteiger partial charge in [0.05, 0.1) is 32.7 Å². The van der Waals surface area contributed by atoms with Crippen molar-refractivity contribution in [1.29, 1.82) is 0 Å². The fourth-order valence-corrected chi connectivity index (χ4v) is 3.56. The summed E-state index contributed by atoms with van der Waals surface area (Å²) < 4.78 is 41.4. The number of nitrogens with zero attached hydrogens (tertiary/aromatic N) is 1. The van der Waals surface area contributed by atoms with E-state index in [1.807, 2.05) is 0 Å². The summed E-state index contributed by atoms with van der Waals surface area (Å²) in [5.41, 5.74) is 0.357. The minimum absolute atomic E-state index is 0.0703. The second-order valence-corrected chi connectivity index (χ2v) is 7.57. The van der Waals surface area contributed by atoms with Gasteiger partial charge in [-0.1, -0.05) is 0 Å². The Morgan fingerprint density at radius 2 is 2.12 bits per heavy atom. The second-order valence-electron chi connectivity index (χ2n) is 5.67. The Kier molecular flexibility index (Phi) is 6.49. The van der Waals surface area contributed by atoms with Crippen LogP contribution in [0, 0.1) is 0 Å². The number of sulfonamides is 1. The number of amides is 1. The van der Waals surface area contributed by atoms with Crippen molar-refractivity contribution in [3.05, 3.63) is 18.2 Å². The zero-order valence-electron chi connectivity index (χ0n) is 14.6. The Bertz CT molecular complexity index is 701.